The molecule has 1 aromatic carbocycles. The molecule has 0 bridgehead atoms. The summed E-state index contributed by atoms with van der Waals surface area (Å²) >= 11 is 0. The Morgan fingerprint density at radius 1 is 1.26 bits per heavy atom. The van der Waals surface area contributed by atoms with Crippen molar-refractivity contribution < 1.29 is 9.90 Å². The van der Waals surface area contributed by atoms with Gasteiger partial charge in [-0.25, -0.2) is 0 Å². The van der Waals surface area contributed by atoms with Gasteiger partial charge < -0.3 is 14.9 Å². The van der Waals surface area contributed by atoms with Gasteiger partial charge in [-0.2, -0.15) is 0 Å². The van der Waals surface area contributed by atoms with Crippen LogP contribution < -0.4 is 4.90 Å². The summed E-state index contributed by atoms with van der Waals surface area (Å²) in [5, 5.41) is 8.97. The van der Waals surface area contributed by atoms with Crippen LogP contribution in [0, 0.1) is 0 Å². The molecule has 106 valence electrons. The quantitative estimate of drug-likeness (QED) is 0.816. The Labute approximate surface area is 115 Å². The number of carbonyl (C=O) groups excluding carboxylic acids is 1. The van der Waals surface area contributed by atoms with Gasteiger partial charge in [0.2, 0.25) is 5.91 Å². The molecule has 4 nitrogen and oxygen atoms in total. The first-order chi connectivity index (χ1) is 9.06. The Balaban J connectivity index is 2.73. The third-order valence-electron chi connectivity index (χ3n) is 3.20. The molecule has 0 fully saturated rings. The van der Waals surface area contributed by atoms with Crippen molar-refractivity contribution in [3.8, 4) is 0 Å². The second-order valence-corrected chi connectivity index (χ2v) is 4.93. The number of para-hydroxylation sites is 1. The highest BCUT2D eigenvalue weighted by Gasteiger charge is 2.16. The molecule has 0 aliphatic heterocycles. The number of hydrogen-bond acceptors (Lipinski definition) is 3. The van der Waals surface area contributed by atoms with E-state index >= 15 is 0 Å². The van der Waals surface area contributed by atoms with Gasteiger partial charge in [-0.1, -0.05) is 18.2 Å². The fourth-order valence-electron chi connectivity index (χ4n) is 1.76. The molecule has 0 aromatic heterocycles. The van der Waals surface area contributed by atoms with Gasteiger partial charge >= 0.3 is 0 Å². The zero-order valence-electron chi connectivity index (χ0n) is 12.0. The van der Waals surface area contributed by atoms with Crippen molar-refractivity contribution in [2.75, 3.05) is 31.6 Å². The lowest BCUT2D eigenvalue weighted by Gasteiger charge is -2.28. The van der Waals surface area contributed by atoms with Crippen molar-refractivity contribution in [2.45, 2.75) is 26.3 Å². The number of amides is 1. The van der Waals surface area contributed by atoms with E-state index in [1.54, 1.807) is 4.90 Å². The highest BCUT2D eigenvalue weighted by atomic mass is 16.3. The zero-order valence-corrected chi connectivity index (χ0v) is 12.0. The largest absolute Gasteiger partial charge is 0.396 e. The lowest BCUT2D eigenvalue weighted by molar-refractivity contribution is -0.129. The van der Waals surface area contributed by atoms with Gasteiger partial charge in [-0.3, -0.25) is 4.79 Å². The van der Waals surface area contributed by atoms with Gasteiger partial charge in [0, 0.05) is 31.9 Å². The number of aliphatic hydroxyl groups excluding tert-OH is 1. The molecular weight excluding hydrogens is 240 g/mol. The minimum absolute atomic E-state index is 0.0943. The first-order valence-electron chi connectivity index (χ1n) is 6.72. The minimum Gasteiger partial charge on any atom is -0.396 e. The Bertz CT molecular complexity index is 379. The van der Waals surface area contributed by atoms with Crippen LogP contribution in [-0.2, 0) is 4.79 Å². The van der Waals surface area contributed by atoms with Crippen LogP contribution in [0.1, 0.15) is 20.3 Å². The van der Waals surface area contributed by atoms with Crippen molar-refractivity contribution in [3.63, 3.8) is 0 Å². The molecule has 0 spiro atoms. The Morgan fingerprint density at radius 3 is 2.42 bits per heavy atom. The van der Waals surface area contributed by atoms with Crippen LogP contribution in [0.5, 0.6) is 0 Å². The van der Waals surface area contributed by atoms with E-state index in [2.05, 4.69) is 0 Å². The van der Waals surface area contributed by atoms with Crippen LogP contribution in [0.2, 0.25) is 0 Å². The van der Waals surface area contributed by atoms with Gasteiger partial charge in [-0.05, 0) is 32.4 Å². The Kier molecular flexibility index (Phi) is 6.36. The van der Waals surface area contributed by atoms with Crippen LogP contribution >= 0.6 is 0 Å². The lowest BCUT2D eigenvalue weighted by Crippen LogP contribution is -2.42. The SMILES string of the molecule is CC(C)N(C)C(=O)CN(CCCO)c1ccccc1. The molecule has 1 amide bonds. The second-order valence-electron chi connectivity index (χ2n) is 4.93. The average Bonchev–Trinajstić information content (AvgIpc) is 2.43. The lowest BCUT2D eigenvalue weighted by atomic mass is 10.2. The number of carbonyl (C=O) groups is 1. The number of rotatable bonds is 7. The summed E-state index contributed by atoms with van der Waals surface area (Å²) < 4.78 is 0. The van der Waals surface area contributed by atoms with Gasteiger partial charge in [0.1, 0.15) is 0 Å². The highest BCUT2D eigenvalue weighted by molar-refractivity contribution is 5.81. The van der Waals surface area contributed by atoms with Crippen LogP contribution in [0.15, 0.2) is 30.3 Å². The number of aliphatic hydroxyl groups is 1. The number of anilines is 1. The molecule has 0 unspecified atom stereocenters. The van der Waals surface area contributed by atoms with Gasteiger partial charge in [0.15, 0.2) is 0 Å². The molecule has 0 heterocycles. The summed E-state index contributed by atoms with van der Waals surface area (Å²) in [5.74, 6) is 0.0943. The van der Waals surface area contributed by atoms with E-state index in [-0.39, 0.29) is 18.6 Å². The monoisotopic (exact) mass is 264 g/mol. The van der Waals surface area contributed by atoms with Gasteiger partial charge in [-0.15, -0.1) is 0 Å². The normalized spacial score (nSPS) is 10.6. The third kappa shape index (κ3) is 4.91. The molecule has 0 aliphatic carbocycles. The molecule has 0 radical (unpaired) electrons. The summed E-state index contributed by atoms with van der Waals surface area (Å²) in [6.45, 7) is 5.16. The fourth-order valence-corrected chi connectivity index (χ4v) is 1.76. The standard InChI is InChI=1S/C15H24N2O2/c1-13(2)16(3)15(19)12-17(10-7-11-18)14-8-5-4-6-9-14/h4-6,8-9,13,18H,7,10-12H2,1-3H3. The van der Waals surface area contributed by atoms with Crippen LogP contribution in [0.3, 0.4) is 0 Å². The summed E-state index contributed by atoms with van der Waals surface area (Å²) in [5.41, 5.74) is 1.02. The van der Waals surface area contributed by atoms with E-state index in [0.717, 1.165) is 5.69 Å². The first-order valence-corrected chi connectivity index (χ1v) is 6.72. The van der Waals surface area contributed by atoms with Crippen molar-refractivity contribution in [1.82, 2.24) is 4.90 Å². The minimum atomic E-state index is 0.0943. The van der Waals surface area contributed by atoms with E-state index in [4.69, 9.17) is 5.11 Å². The van der Waals surface area contributed by atoms with Crippen molar-refractivity contribution >= 4 is 11.6 Å². The zero-order chi connectivity index (χ0) is 14.3. The predicted octanol–water partition coefficient (Wildman–Crippen LogP) is 1.74. The molecule has 4 heteroatoms. The number of nitrogens with zero attached hydrogens (tertiary/aromatic N) is 2. The molecule has 0 aliphatic rings. The molecule has 1 rings (SSSR count). The second kappa shape index (κ2) is 7.79. The van der Waals surface area contributed by atoms with E-state index in [9.17, 15) is 4.79 Å². The molecule has 19 heavy (non-hydrogen) atoms. The van der Waals surface area contributed by atoms with E-state index in [0.29, 0.717) is 19.5 Å². The van der Waals surface area contributed by atoms with Gasteiger partial charge in [0.05, 0.1) is 6.54 Å². The Hall–Kier alpha value is -1.55. The van der Waals surface area contributed by atoms with E-state index < -0.39 is 0 Å². The molecule has 0 atom stereocenters. The van der Waals surface area contributed by atoms with Crippen LogP contribution in [0.4, 0.5) is 5.69 Å². The average molecular weight is 264 g/mol. The summed E-state index contributed by atoms with van der Waals surface area (Å²) in [6.07, 6.45) is 0.660. The molecule has 1 N–H and O–H groups in total. The van der Waals surface area contributed by atoms with Crippen molar-refractivity contribution in [1.29, 1.82) is 0 Å². The van der Waals surface area contributed by atoms with Gasteiger partial charge in [0.25, 0.3) is 0 Å². The smallest absolute Gasteiger partial charge is 0.242 e. The first kappa shape index (κ1) is 15.5. The molecule has 0 saturated heterocycles. The van der Waals surface area contributed by atoms with Crippen LogP contribution in [-0.4, -0.2) is 48.7 Å². The fraction of sp³-hybridized carbons (Fsp3) is 0.533. The third-order valence-corrected chi connectivity index (χ3v) is 3.20. The summed E-state index contributed by atoms with van der Waals surface area (Å²) in [7, 11) is 1.82. The maximum atomic E-state index is 12.2. The molecular formula is C15H24N2O2. The number of benzene rings is 1. The maximum absolute atomic E-state index is 12.2. The molecule has 1 aromatic rings. The van der Waals surface area contributed by atoms with Crippen LogP contribution in [0.25, 0.3) is 0 Å². The highest BCUT2D eigenvalue weighted by Crippen LogP contribution is 2.14. The van der Waals surface area contributed by atoms with Crippen molar-refractivity contribution in [3.05, 3.63) is 30.3 Å². The van der Waals surface area contributed by atoms with E-state index in [1.807, 2.05) is 56.1 Å². The summed E-state index contributed by atoms with van der Waals surface area (Å²) in [4.78, 5) is 15.9. The summed E-state index contributed by atoms with van der Waals surface area (Å²) in [6, 6.07) is 10.0. The predicted molar refractivity (Wildman–Crippen MR) is 78.3 cm³/mol. The van der Waals surface area contributed by atoms with E-state index in [1.165, 1.54) is 0 Å². The molecule has 0 saturated carbocycles. The topological polar surface area (TPSA) is 43.8 Å². The Morgan fingerprint density at radius 2 is 1.89 bits per heavy atom. The number of hydrogen-bond donors (Lipinski definition) is 1. The number of likely N-dealkylation sites (N-methyl/N-ethyl adjacent to an activating group) is 1. The van der Waals surface area contributed by atoms with Crippen molar-refractivity contribution in [2.24, 2.45) is 0 Å². The maximum Gasteiger partial charge on any atom is 0.242 e.